The van der Waals surface area contributed by atoms with Gasteiger partial charge in [-0.1, -0.05) is 11.6 Å². The van der Waals surface area contributed by atoms with Crippen molar-refractivity contribution in [2.45, 2.75) is 12.5 Å². The number of aliphatic hydroxyl groups excluding tert-OH is 1. The molecule has 1 aromatic rings. The molecular weight excluding hydrogens is 202 g/mol. The van der Waals surface area contributed by atoms with Crippen molar-refractivity contribution in [3.8, 4) is 5.75 Å². The summed E-state index contributed by atoms with van der Waals surface area (Å²) in [5.41, 5.74) is 0.905. The molecule has 1 atom stereocenters. The quantitative estimate of drug-likeness (QED) is 0.789. The smallest absolute Gasteiger partial charge is 0.142 e. The lowest BCUT2D eigenvalue weighted by atomic mass is 10.1. The van der Waals surface area contributed by atoms with Gasteiger partial charge in [0.1, 0.15) is 12.4 Å². The molecule has 0 bridgehead atoms. The summed E-state index contributed by atoms with van der Waals surface area (Å²) in [6.45, 7) is 0.756. The number of aliphatic hydroxyl groups is 1. The van der Waals surface area contributed by atoms with E-state index < -0.39 is 0 Å². The first-order valence-corrected chi connectivity index (χ1v) is 4.97. The molecule has 1 aromatic carbocycles. The molecule has 3 nitrogen and oxygen atoms in total. The lowest BCUT2D eigenvalue weighted by molar-refractivity contribution is 0.233. The van der Waals surface area contributed by atoms with Crippen LogP contribution in [-0.2, 0) is 0 Å². The third-order valence-electron chi connectivity index (χ3n) is 2.22. The van der Waals surface area contributed by atoms with Crippen LogP contribution in [-0.4, -0.2) is 24.4 Å². The Bertz CT molecular complexity index is 330. The van der Waals surface area contributed by atoms with Gasteiger partial charge in [0.2, 0.25) is 0 Å². The SMILES string of the molecule is OCCC1COc2ccc(Cl)cc2N1. The standard InChI is InChI=1S/C10H12ClNO2/c11-7-1-2-10-9(5-7)12-8(3-4-13)6-14-10/h1-2,5,8,12-13H,3-4,6H2. The molecule has 1 aliphatic rings. The molecule has 1 heterocycles. The van der Waals surface area contributed by atoms with Gasteiger partial charge in [-0.25, -0.2) is 0 Å². The summed E-state index contributed by atoms with van der Waals surface area (Å²) < 4.78 is 5.51. The molecule has 14 heavy (non-hydrogen) atoms. The molecule has 4 heteroatoms. The van der Waals surface area contributed by atoms with Gasteiger partial charge in [0.25, 0.3) is 0 Å². The molecule has 0 aromatic heterocycles. The molecule has 0 saturated carbocycles. The summed E-state index contributed by atoms with van der Waals surface area (Å²) in [6, 6.07) is 5.65. The molecule has 2 N–H and O–H groups in total. The fraction of sp³-hybridized carbons (Fsp3) is 0.400. The van der Waals surface area contributed by atoms with E-state index in [9.17, 15) is 0 Å². The number of hydrogen-bond acceptors (Lipinski definition) is 3. The molecular formula is C10H12ClNO2. The molecule has 76 valence electrons. The summed E-state index contributed by atoms with van der Waals surface area (Å²) in [7, 11) is 0. The van der Waals surface area contributed by atoms with Gasteiger partial charge in [-0.15, -0.1) is 0 Å². The monoisotopic (exact) mass is 213 g/mol. The van der Waals surface area contributed by atoms with E-state index in [1.165, 1.54) is 0 Å². The Labute approximate surface area is 87.6 Å². The average molecular weight is 214 g/mol. The van der Waals surface area contributed by atoms with Crippen LogP contribution < -0.4 is 10.1 Å². The van der Waals surface area contributed by atoms with Gasteiger partial charge in [0.15, 0.2) is 0 Å². The normalized spacial score (nSPS) is 19.4. The zero-order valence-electron chi connectivity index (χ0n) is 7.66. The van der Waals surface area contributed by atoms with Crippen molar-refractivity contribution < 1.29 is 9.84 Å². The first kappa shape index (κ1) is 9.62. The van der Waals surface area contributed by atoms with Gasteiger partial charge in [-0.3, -0.25) is 0 Å². The summed E-state index contributed by atoms with van der Waals surface area (Å²) in [6.07, 6.45) is 0.686. The third-order valence-corrected chi connectivity index (χ3v) is 2.45. The zero-order chi connectivity index (χ0) is 9.97. The molecule has 0 amide bonds. The van der Waals surface area contributed by atoms with E-state index in [1.807, 2.05) is 12.1 Å². The van der Waals surface area contributed by atoms with Crippen molar-refractivity contribution in [1.82, 2.24) is 0 Å². The van der Waals surface area contributed by atoms with Crippen LogP contribution in [0.3, 0.4) is 0 Å². The summed E-state index contributed by atoms with van der Waals surface area (Å²) in [5, 5.41) is 12.8. The van der Waals surface area contributed by atoms with Gasteiger partial charge >= 0.3 is 0 Å². The lowest BCUT2D eigenvalue weighted by Crippen LogP contribution is -2.32. The second kappa shape index (κ2) is 4.07. The van der Waals surface area contributed by atoms with Crippen LogP contribution >= 0.6 is 11.6 Å². The van der Waals surface area contributed by atoms with Crippen molar-refractivity contribution in [2.75, 3.05) is 18.5 Å². The largest absolute Gasteiger partial charge is 0.489 e. The number of rotatable bonds is 2. The van der Waals surface area contributed by atoms with Crippen molar-refractivity contribution in [3.63, 3.8) is 0 Å². The van der Waals surface area contributed by atoms with Crippen molar-refractivity contribution in [1.29, 1.82) is 0 Å². The minimum Gasteiger partial charge on any atom is -0.489 e. The molecule has 0 fully saturated rings. The number of benzene rings is 1. The molecule has 0 radical (unpaired) electrons. The van der Waals surface area contributed by atoms with Crippen LogP contribution in [0.15, 0.2) is 18.2 Å². The Morgan fingerprint density at radius 3 is 3.21 bits per heavy atom. The number of ether oxygens (including phenoxy) is 1. The molecule has 1 aliphatic heterocycles. The maximum Gasteiger partial charge on any atom is 0.142 e. The lowest BCUT2D eigenvalue weighted by Gasteiger charge is -2.27. The van der Waals surface area contributed by atoms with Crippen molar-refractivity contribution in [2.24, 2.45) is 0 Å². The van der Waals surface area contributed by atoms with Gasteiger partial charge < -0.3 is 15.2 Å². The van der Waals surface area contributed by atoms with Gasteiger partial charge in [0, 0.05) is 11.6 Å². The van der Waals surface area contributed by atoms with Crippen molar-refractivity contribution >= 4 is 17.3 Å². The van der Waals surface area contributed by atoms with E-state index in [2.05, 4.69) is 5.32 Å². The predicted octanol–water partition coefficient (Wildman–Crippen LogP) is 1.90. The van der Waals surface area contributed by atoms with Crippen LogP contribution in [0.2, 0.25) is 5.02 Å². The molecule has 0 spiro atoms. The number of hydrogen-bond donors (Lipinski definition) is 2. The van der Waals surface area contributed by atoms with Crippen LogP contribution in [0.5, 0.6) is 5.75 Å². The average Bonchev–Trinajstić information content (AvgIpc) is 2.17. The topological polar surface area (TPSA) is 41.5 Å². The fourth-order valence-corrected chi connectivity index (χ4v) is 1.68. The number of anilines is 1. The van der Waals surface area contributed by atoms with Gasteiger partial charge in [-0.05, 0) is 24.6 Å². The Hall–Kier alpha value is -0.930. The van der Waals surface area contributed by atoms with Crippen LogP contribution in [0.1, 0.15) is 6.42 Å². The predicted molar refractivity (Wildman–Crippen MR) is 56.1 cm³/mol. The van der Waals surface area contributed by atoms with Crippen LogP contribution in [0.25, 0.3) is 0 Å². The minimum atomic E-state index is 0.164. The second-order valence-corrected chi connectivity index (χ2v) is 3.74. The maximum absolute atomic E-state index is 8.80. The zero-order valence-corrected chi connectivity index (χ0v) is 8.42. The van der Waals surface area contributed by atoms with Crippen LogP contribution in [0, 0.1) is 0 Å². The van der Waals surface area contributed by atoms with E-state index in [0.29, 0.717) is 18.1 Å². The highest BCUT2D eigenvalue weighted by Gasteiger charge is 2.17. The fourth-order valence-electron chi connectivity index (χ4n) is 1.50. The Kier molecular flexibility index (Phi) is 2.79. The highest BCUT2D eigenvalue weighted by atomic mass is 35.5. The maximum atomic E-state index is 8.80. The summed E-state index contributed by atoms with van der Waals surface area (Å²) in [5.74, 6) is 0.823. The van der Waals surface area contributed by atoms with E-state index >= 15 is 0 Å². The van der Waals surface area contributed by atoms with Gasteiger partial charge in [-0.2, -0.15) is 0 Å². The van der Waals surface area contributed by atoms with E-state index in [-0.39, 0.29) is 12.6 Å². The van der Waals surface area contributed by atoms with E-state index in [1.54, 1.807) is 6.07 Å². The Balaban J connectivity index is 2.16. The highest BCUT2D eigenvalue weighted by molar-refractivity contribution is 6.30. The number of nitrogens with one attached hydrogen (secondary N) is 1. The number of fused-ring (bicyclic) bond motifs is 1. The van der Waals surface area contributed by atoms with Crippen molar-refractivity contribution in [3.05, 3.63) is 23.2 Å². The van der Waals surface area contributed by atoms with E-state index in [4.69, 9.17) is 21.4 Å². The second-order valence-electron chi connectivity index (χ2n) is 3.31. The first-order chi connectivity index (χ1) is 6.79. The first-order valence-electron chi connectivity index (χ1n) is 4.59. The van der Waals surface area contributed by atoms with E-state index in [0.717, 1.165) is 11.4 Å². The molecule has 2 rings (SSSR count). The third kappa shape index (κ3) is 1.94. The number of halogens is 1. The highest BCUT2D eigenvalue weighted by Crippen LogP contribution is 2.31. The van der Waals surface area contributed by atoms with Gasteiger partial charge in [0.05, 0.1) is 11.7 Å². The summed E-state index contributed by atoms with van der Waals surface area (Å²) >= 11 is 5.86. The molecule has 0 saturated heterocycles. The molecule has 1 unspecified atom stereocenters. The Morgan fingerprint density at radius 2 is 2.43 bits per heavy atom. The summed E-state index contributed by atoms with van der Waals surface area (Å²) in [4.78, 5) is 0. The minimum absolute atomic E-state index is 0.164. The Morgan fingerprint density at radius 1 is 1.57 bits per heavy atom. The molecule has 0 aliphatic carbocycles. The van der Waals surface area contributed by atoms with Crippen LogP contribution in [0.4, 0.5) is 5.69 Å².